The van der Waals surface area contributed by atoms with Crippen molar-refractivity contribution in [3.05, 3.63) is 58.2 Å². The van der Waals surface area contributed by atoms with Crippen LogP contribution in [-0.4, -0.2) is 32.5 Å². The van der Waals surface area contributed by atoms with Crippen LogP contribution in [0.1, 0.15) is 24.2 Å². The summed E-state index contributed by atoms with van der Waals surface area (Å²) in [5.74, 6) is 1.79. The number of hydrogen-bond acceptors (Lipinski definition) is 4. The van der Waals surface area contributed by atoms with Crippen LogP contribution in [0.4, 0.5) is 5.69 Å². The van der Waals surface area contributed by atoms with Gasteiger partial charge in [-0.3, -0.25) is 15.0 Å². The Morgan fingerprint density at radius 3 is 2.52 bits per heavy atom. The first kappa shape index (κ1) is 15.7. The number of aromatic nitrogens is 2. The molecule has 1 aromatic carbocycles. The molecule has 1 saturated heterocycles. The van der Waals surface area contributed by atoms with E-state index in [0.717, 1.165) is 37.6 Å². The van der Waals surface area contributed by atoms with Crippen molar-refractivity contribution in [1.29, 1.82) is 0 Å². The zero-order valence-electron chi connectivity index (χ0n) is 13.4. The third kappa shape index (κ3) is 3.96. The van der Waals surface area contributed by atoms with Crippen LogP contribution in [0.2, 0.25) is 0 Å². The van der Waals surface area contributed by atoms with E-state index in [4.69, 9.17) is 0 Å². The van der Waals surface area contributed by atoms with Gasteiger partial charge in [-0.05, 0) is 44.3 Å². The SMILES string of the molecule is Cc1nccn1CC1CCN(Cc2ccc([N+](=O)[O-])cc2)CC1. The minimum absolute atomic E-state index is 0.156. The second-order valence-electron chi connectivity index (χ2n) is 6.27. The molecule has 0 amide bonds. The third-order valence-corrected chi connectivity index (χ3v) is 4.64. The fourth-order valence-corrected chi connectivity index (χ4v) is 3.18. The Morgan fingerprint density at radius 1 is 1.26 bits per heavy atom. The molecule has 23 heavy (non-hydrogen) atoms. The van der Waals surface area contributed by atoms with Crippen LogP contribution in [-0.2, 0) is 13.1 Å². The smallest absolute Gasteiger partial charge is 0.269 e. The Morgan fingerprint density at radius 2 is 1.96 bits per heavy atom. The molecule has 6 nitrogen and oxygen atoms in total. The van der Waals surface area contributed by atoms with E-state index in [2.05, 4.69) is 20.6 Å². The second-order valence-corrected chi connectivity index (χ2v) is 6.27. The molecule has 0 radical (unpaired) electrons. The van der Waals surface area contributed by atoms with E-state index >= 15 is 0 Å². The van der Waals surface area contributed by atoms with Gasteiger partial charge in [0, 0.05) is 37.6 Å². The van der Waals surface area contributed by atoms with Crippen molar-refractivity contribution < 1.29 is 4.92 Å². The van der Waals surface area contributed by atoms with E-state index in [1.54, 1.807) is 12.1 Å². The number of nitrogens with zero attached hydrogens (tertiary/aromatic N) is 4. The first-order valence-corrected chi connectivity index (χ1v) is 8.05. The molecular formula is C17H22N4O2. The summed E-state index contributed by atoms with van der Waals surface area (Å²) in [6, 6.07) is 6.89. The number of imidazole rings is 1. The van der Waals surface area contributed by atoms with Gasteiger partial charge in [-0.25, -0.2) is 4.98 Å². The van der Waals surface area contributed by atoms with Gasteiger partial charge in [0.15, 0.2) is 0 Å². The van der Waals surface area contributed by atoms with Crippen molar-refractivity contribution in [2.75, 3.05) is 13.1 Å². The van der Waals surface area contributed by atoms with Crippen molar-refractivity contribution in [2.45, 2.75) is 32.9 Å². The molecule has 3 rings (SSSR count). The molecule has 1 fully saturated rings. The second kappa shape index (κ2) is 6.91. The molecule has 2 aromatic rings. The summed E-state index contributed by atoms with van der Waals surface area (Å²) in [7, 11) is 0. The van der Waals surface area contributed by atoms with Crippen LogP contribution in [0, 0.1) is 23.0 Å². The lowest BCUT2D eigenvalue weighted by atomic mass is 9.96. The van der Waals surface area contributed by atoms with E-state index in [-0.39, 0.29) is 10.6 Å². The molecule has 2 heterocycles. The molecule has 122 valence electrons. The third-order valence-electron chi connectivity index (χ3n) is 4.64. The number of aryl methyl sites for hydroxylation is 1. The largest absolute Gasteiger partial charge is 0.335 e. The Bertz CT molecular complexity index is 657. The minimum Gasteiger partial charge on any atom is -0.335 e. The van der Waals surface area contributed by atoms with Crippen molar-refractivity contribution >= 4 is 5.69 Å². The lowest BCUT2D eigenvalue weighted by Crippen LogP contribution is -2.34. The molecule has 0 spiro atoms. The molecule has 1 aromatic heterocycles. The van der Waals surface area contributed by atoms with Crippen LogP contribution in [0.3, 0.4) is 0 Å². The maximum Gasteiger partial charge on any atom is 0.269 e. The Hall–Kier alpha value is -2.21. The van der Waals surface area contributed by atoms with Gasteiger partial charge < -0.3 is 4.57 Å². The van der Waals surface area contributed by atoms with E-state index in [0.29, 0.717) is 5.92 Å². The fraction of sp³-hybridized carbons (Fsp3) is 0.471. The highest BCUT2D eigenvalue weighted by atomic mass is 16.6. The zero-order chi connectivity index (χ0) is 16.2. The van der Waals surface area contributed by atoms with Gasteiger partial charge in [-0.2, -0.15) is 0 Å². The van der Waals surface area contributed by atoms with Crippen molar-refractivity contribution in [3.8, 4) is 0 Å². The van der Waals surface area contributed by atoms with Crippen LogP contribution in [0.5, 0.6) is 0 Å². The highest BCUT2D eigenvalue weighted by Crippen LogP contribution is 2.22. The van der Waals surface area contributed by atoms with E-state index in [9.17, 15) is 10.1 Å². The van der Waals surface area contributed by atoms with E-state index in [1.807, 2.05) is 25.3 Å². The molecule has 0 aliphatic carbocycles. The van der Waals surface area contributed by atoms with Gasteiger partial charge in [0.05, 0.1) is 4.92 Å². The minimum atomic E-state index is -0.354. The van der Waals surface area contributed by atoms with Gasteiger partial charge >= 0.3 is 0 Å². The molecule has 0 bridgehead atoms. The van der Waals surface area contributed by atoms with Gasteiger partial charge in [0.1, 0.15) is 5.82 Å². The average molecular weight is 314 g/mol. The summed E-state index contributed by atoms with van der Waals surface area (Å²) < 4.78 is 2.23. The Balaban J connectivity index is 1.49. The zero-order valence-corrected chi connectivity index (χ0v) is 13.4. The summed E-state index contributed by atoms with van der Waals surface area (Å²) in [5, 5.41) is 10.7. The number of piperidine rings is 1. The van der Waals surface area contributed by atoms with Crippen molar-refractivity contribution in [3.63, 3.8) is 0 Å². The summed E-state index contributed by atoms with van der Waals surface area (Å²) in [6.07, 6.45) is 6.28. The molecule has 6 heteroatoms. The number of benzene rings is 1. The van der Waals surface area contributed by atoms with Crippen LogP contribution >= 0.6 is 0 Å². The quantitative estimate of drug-likeness (QED) is 0.628. The standard InChI is InChI=1S/C17H22N4O2/c1-14-18-8-11-20(14)13-16-6-9-19(10-7-16)12-15-2-4-17(5-3-15)21(22)23/h2-5,8,11,16H,6-7,9-10,12-13H2,1H3. The summed E-state index contributed by atoms with van der Waals surface area (Å²) in [6.45, 7) is 6.13. The number of nitro groups is 1. The molecule has 0 N–H and O–H groups in total. The van der Waals surface area contributed by atoms with Crippen molar-refractivity contribution in [1.82, 2.24) is 14.5 Å². The van der Waals surface area contributed by atoms with E-state index < -0.39 is 0 Å². The Kier molecular flexibility index (Phi) is 4.71. The molecule has 0 unspecified atom stereocenters. The lowest BCUT2D eigenvalue weighted by molar-refractivity contribution is -0.384. The fourth-order valence-electron chi connectivity index (χ4n) is 3.18. The highest BCUT2D eigenvalue weighted by Gasteiger charge is 2.20. The predicted octanol–water partition coefficient (Wildman–Crippen LogP) is 3.01. The normalized spacial score (nSPS) is 16.6. The average Bonchev–Trinajstić information content (AvgIpc) is 2.95. The number of hydrogen-bond donors (Lipinski definition) is 0. The maximum absolute atomic E-state index is 10.7. The number of rotatable bonds is 5. The van der Waals surface area contributed by atoms with Crippen molar-refractivity contribution in [2.24, 2.45) is 5.92 Å². The van der Waals surface area contributed by atoms with Gasteiger partial charge in [-0.1, -0.05) is 12.1 Å². The van der Waals surface area contributed by atoms with Crippen LogP contribution in [0.15, 0.2) is 36.7 Å². The predicted molar refractivity (Wildman–Crippen MR) is 88.1 cm³/mol. The first-order chi connectivity index (χ1) is 11.1. The monoisotopic (exact) mass is 314 g/mol. The number of non-ortho nitro benzene ring substituents is 1. The molecule has 0 atom stereocenters. The summed E-state index contributed by atoms with van der Waals surface area (Å²) in [4.78, 5) is 17.0. The lowest BCUT2D eigenvalue weighted by Gasteiger charge is -2.32. The van der Waals surface area contributed by atoms with Gasteiger partial charge in [0.2, 0.25) is 0 Å². The number of nitro benzene ring substituents is 1. The van der Waals surface area contributed by atoms with Gasteiger partial charge in [-0.15, -0.1) is 0 Å². The van der Waals surface area contributed by atoms with Gasteiger partial charge in [0.25, 0.3) is 5.69 Å². The molecule has 0 saturated carbocycles. The first-order valence-electron chi connectivity index (χ1n) is 8.05. The Labute approximate surface area is 135 Å². The number of likely N-dealkylation sites (tertiary alicyclic amines) is 1. The molecule has 1 aliphatic heterocycles. The van der Waals surface area contributed by atoms with Crippen LogP contribution < -0.4 is 0 Å². The van der Waals surface area contributed by atoms with Crippen LogP contribution in [0.25, 0.3) is 0 Å². The molecular weight excluding hydrogens is 292 g/mol. The summed E-state index contributed by atoms with van der Waals surface area (Å²) >= 11 is 0. The highest BCUT2D eigenvalue weighted by molar-refractivity contribution is 5.32. The summed E-state index contributed by atoms with van der Waals surface area (Å²) in [5.41, 5.74) is 1.29. The molecule has 1 aliphatic rings. The van der Waals surface area contributed by atoms with E-state index in [1.165, 1.54) is 12.8 Å². The topological polar surface area (TPSA) is 64.2 Å². The maximum atomic E-state index is 10.7.